The van der Waals surface area contributed by atoms with Crippen molar-refractivity contribution in [2.75, 3.05) is 18.0 Å². The number of halogens is 1. The van der Waals surface area contributed by atoms with Gasteiger partial charge in [-0.15, -0.1) is 0 Å². The van der Waals surface area contributed by atoms with E-state index in [9.17, 15) is 4.39 Å². The van der Waals surface area contributed by atoms with Gasteiger partial charge in [0, 0.05) is 36.9 Å². The van der Waals surface area contributed by atoms with E-state index in [4.69, 9.17) is 4.98 Å². The van der Waals surface area contributed by atoms with Crippen molar-refractivity contribution < 1.29 is 4.39 Å². The van der Waals surface area contributed by atoms with Crippen LogP contribution in [0.25, 0.3) is 11.3 Å². The summed E-state index contributed by atoms with van der Waals surface area (Å²) >= 11 is 0. The van der Waals surface area contributed by atoms with E-state index in [2.05, 4.69) is 29.0 Å². The van der Waals surface area contributed by atoms with E-state index in [0.717, 1.165) is 35.9 Å². The molecule has 1 saturated heterocycles. The average Bonchev–Trinajstić information content (AvgIpc) is 2.46. The van der Waals surface area contributed by atoms with E-state index < -0.39 is 0 Å². The Balaban J connectivity index is 1.92. The third-order valence-corrected chi connectivity index (χ3v) is 3.95. The molecule has 4 nitrogen and oxygen atoms in total. The van der Waals surface area contributed by atoms with Crippen molar-refractivity contribution in [3.63, 3.8) is 0 Å². The lowest BCUT2D eigenvalue weighted by atomic mass is 10.1. The molecule has 0 spiro atoms. The molecule has 0 aliphatic carbocycles. The topological polar surface area (TPSA) is 41.1 Å². The first-order chi connectivity index (χ1) is 10.5. The normalized spacial score (nSPS) is 21.9. The van der Waals surface area contributed by atoms with Gasteiger partial charge in [-0.3, -0.25) is 0 Å². The van der Waals surface area contributed by atoms with Crippen molar-refractivity contribution in [2.24, 2.45) is 0 Å². The van der Waals surface area contributed by atoms with E-state index in [1.54, 1.807) is 12.3 Å². The molecule has 0 bridgehead atoms. The Bertz CT molecular complexity index is 663. The van der Waals surface area contributed by atoms with Crippen molar-refractivity contribution in [1.82, 2.24) is 15.3 Å². The number of anilines is 1. The Kier molecular flexibility index (Phi) is 4.07. The van der Waals surface area contributed by atoms with Gasteiger partial charge in [-0.1, -0.05) is 0 Å². The van der Waals surface area contributed by atoms with Crippen LogP contribution in [0.4, 0.5) is 10.3 Å². The molecule has 2 aromatic rings. The van der Waals surface area contributed by atoms with E-state index in [1.165, 1.54) is 12.1 Å². The van der Waals surface area contributed by atoms with Gasteiger partial charge in [-0.05, 0) is 50.6 Å². The molecule has 2 heterocycles. The Morgan fingerprint density at radius 3 is 2.59 bits per heavy atom. The maximum Gasteiger partial charge on any atom is 0.225 e. The van der Waals surface area contributed by atoms with Gasteiger partial charge in [0.1, 0.15) is 5.82 Å². The zero-order valence-electron chi connectivity index (χ0n) is 13.2. The molecule has 0 unspecified atom stereocenters. The monoisotopic (exact) mass is 300 g/mol. The summed E-state index contributed by atoms with van der Waals surface area (Å²) in [5, 5.41) is 3.50. The van der Waals surface area contributed by atoms with Gasteiger partial charge < -0.3 is 10.2 Å². The number of hydrogen-bond acceptors (Lipinski definition) is 4. The summed E-state index contributed by atoms with van der Waals surface area (Å²) in [6.45, 7) is 7.99. The fraction of sp³-hybridized carbons (Fsp3) is 0.412. The number of benzene rings is 1. The molecule has 1 aromatic carbocycles. The van der Waals surface area contributed by atoms with Gasteiger partial charge in [-0.2, -0.15) is 0 Å². The Morgan fingerprint density at radius 2 is 1.91 bits per heavy atom. The average molecular weight is 300 g/mol. The molecule has 2 atom stereocenters. The van der Waals surface area contributed by atoms with Gasteiger partial charge in [0.25, 0.3) is 0 Å². The molecule has 22 heavy (non-hydrogen) atoms. The lowest BCUT2D eigenvalue weighted by Gasteiger charge is -2.36. The second-order valence-corrected chi connectivity index (χ2v) is 6.07. The number of nitrogens with one attached hydrogen (secondary N) is 1. The van der Waals surface area contributed by atoms with Gasteiger partial charge in [0.15, 0.2) is 0 Å². The van der Waals surface area contributed by atoms with Crippen LogP contribution >= 0.6 is 0 Å². The second kappa shape index (κ2) is 6.01. The van der Waals surface area contributed by atoms with Crippen molar-refractivity contribution in [2.45, 2.75) is 32.9 Å². The lowest BCUT2D eigenvalue weighted by molar-refractivity contribution is 0.403. The van der Waals surface area contributed by atoms with Crippen LogP contribution in [0.15, 0.2) is 30.5 Å². The first-order valence-electron chi connectivity index (χ1n) is 7.63. The molecule has 1 N–H and O–H groups in total. The van der Waals surface area contributed by atoms with Gasteiger partial charge in [-0.25, -0.2) is 14.4 Å². The van der Waals surface area contributed by atoms with Crippen molar-refractivity contribution >= 4 is 5.95 Å². The molecular formula is C17H21FN4. The molecule has 1 fully saturated rings. The second-order valence-electron chi connectivity index (χ2n) is 6.07. The minimum Gasteiger partial charge on any atom is -0.338 e. The molecule has 1 aliphatic heterocycles. The molecule has 3 rings (SSSR count). The number of rotatable bonds is 2. The van der Waals surface area contributed by atoms with Gasteiger partial charge >= 0.3 is 0 Å². The predicted octanol–water partition coefficient (Wildman–Crippen LogP) is 2.78. The molecule has 0 radical (unpaired) electrons. The maximum absolute atomic E-state index is 13.3. The number of aromatic nitrogens is 2. The summed E-state index contributed by atoms with van der Waals surface area (Å²) < 4.78 is 13.3. The van der Waals surface area contributed by atoms with Crippen LogP contribution in [-0.4, -0.2) is 35.1 Å². The zero-order valence-corrected chi connectivity index (χ0v) is 13.2. The highest BCUT2D eigenvalue weighted by atomic mass is 19.1. The standard InChI is InChI=1S/C17H21FN4/c1-11-8-14(18)4-5-15(11)16-6-7-19-17(21-16)22-9-12(2)20-13(3)10-22/h4-8,12-13,20H,9-10H2,1-3H3/t12-,13+. The van der Waals surface area contributed by atoms with Crippen LogP contribution in [0.2, 0.25) is 0 Å². The Hall–Kier alpha value is -2.01. The SMILES string of the molecule is Cc1cc(F)ccc1-c1ccnc(N2C[C@@H](C)N[C@@H](C)C2)n1. The van der Waals surface area contributed by atoms with Crippen LogP contribution < -0.4 is 10.2 Å². The molecule has 0 saturated carbocycles. The van der Waals surface area contributed by atoms with Crippen molar-refractivity contribution in [3.05, 3.63) is 41.8 Å². The molecule has 5 heteroatoms. The van der Waals surface area contributed by atoms with E-state index >= 15 is 0 Å². The van der Waals surface area contributed by atoms with Crippen molar-refractivity contribution in [3.8, 4) is 11.3 Å². The highest BCUT2D eigenvalue weighted by Gasteiger charge is 2.23. The predicted molar refractivity (Wildman–Crippen MR) is 86.4 cm³/mol. The summed E-state index contributed by atoms with van der Waals surface area (Å²) in [5.41, 5.74) is 2.66. The highest BCUT2D eigenvalue weighted by molar-refractivity contribution is 5.64. The summed E-state index contributed by atoms with van der Waals surface area (Å²) in [5.74, 6) is 0.515. The maximum atomic E-state index is 13.3. The fourth-order valence-corrected chi connectivity index (χ4v) is 3.06. The Morgan fingerprint density at radius 1 is 1.18 bits per heavy atom. The van der Waals surface area contributed by atoms with Crippen LogP contribution in [0.5, 0.6) is 0 Å². The molecular weight excluding hydrogens is 279 g/mol. The van der Waals surface area contributed by atoms with Crippen LogP contribution in [-0.2, 0) is 0 Å². The minimum atomic E-state index is -0.222. The summed E-state index contributed by atoms with van der Waals surface area (Å²) in [7, 11) is 0. The van der Waals surface area contributed by atoms with Gasteiger partial charge in [0.2, 0.25) is 5.95 Å². The van der Waals surface area contributed by atoms with E-state index in [1.807, 2.05) is 13.0 Å². The van der Waals surface area contributed by atoms with Gasteiger partial charge in [0.05, 0.1) is 5.69 Å². The summed E-state index contributed by atoms with van der Waals surface area (Å²) in [4.78, 5) is 11.3. The first-order valence-corrected chi connectivity index (χ1v) is 7.63. The largest absolute Gasteiger partial charge is 0.338 e. The third kappa shape index (κ3) is 3.09. The number of nitrogens with zero attached hydrogens (tertiary/aromatic N) is 3. The third-order valence-electron chi connectivity index (χ3n) is 3.95. The van der Waals surface area contributed by atoms with Crippen LogP contribution in [0.3, 0.4) is 0 Å². The fourth-order valence-electron chi connectivity index (χ4n) is 3.06. The number of piperazine rings is 1. The van der Waals surface area contributed by atoms with E-state index in [-0.39, 0.29) is 5.82 Å². The smallest absolute Gasteiger partial charge is 0.225 e. The highest BCUT2D eigenvalue weighted by Crippen LogP contribution is 2.24. The van der Waals surface area contributed by atoms with E-state index in [0.29, 0.717) is 12.1 Å². The quantitative estimate of drug-likeness (QED) is 0.926. The number of aryl methyl sites for hydroxylation is 1. The minimum absolute atomic E-state index is 0.222. The Labute approximate surface area is 130 Å². The summed E-state index contributed by atoms with van der Waals surface area (Å²) in [6.07, 6.45) is 1.78. The molecule has 1 aliphatic rings. The molecule has 1 aromatic heterocycles. The first kappa shape index (κ1) is 14.9. The van der Waals surface area contributed by atoms with Crippen LogP contribution in [0, 0.1) is 12.7 Å². The molecule has 116 valence electrons. The molecule has 0 amide bonds. The number of hydrogen-bond donors (Lipinski definition) is 1. The summed E-state index contributed by atoms with van der Waals surface area (Å²) in [6, 6.07) is 7.47. The lowest BCUT2D eigenvalue weighted by Crippen LogP contribution is -2.54. The van der Waals surface area contributed by atoms with Crippen LogP contribution in [0.1, 0.15) is 19.4 Å². The van der Waals surface area contributed by atoms with Crippen molar-refractivity contribution in [1.29, 1.82) is 0 Å². The zero-order chi connectivity index (χ0) is 15.7.